The largest absolute Gasteiger partial charge is 0.490 e. The number of H-pyrrole nitrogens is 1. The summed E-state index contributed by atoms with van der Waals surface area (Å²) in [6.45, 7) is -1.15. The molecule has 0 saturated carbocycles. The summed E-state index contributed by atoms with van der Waals surface area (Å²) in [5.74, 6) is 2.09. The molecule has 2 rings (SSSR count). The Labute approximate surface area is 183 Å². The first-order valence-electron chi connectivity index (χ1n) is 8.31. The zero-order valence-corrected chi connectivity index (χ0v) is 18.7. The van der Waals surface area contributed by atoms with Gasteiger partial charge in [0.1, 0.15) is 24.0 Å². The van der Waals surface area contributed by atoms with Crippen LogP contribution in [0, 0.1) is 12.3 Å². The van der Waals surface area contributed by atoms with Crippen LogP contribution in [0.15, 0.2) is 15.8 Å². The van der Waals surface area contributed by atoms with E-state index < -0.39 is 77.5 Å². The molecule has 0 bridgehead atoms. The zero-order valence-electron chi connectivity index (χ0n) is 16.0. The topological polar surface area (TPSA) is 290 Å². The Kier molecular flexibility index (Phi) is 7.96. The SMILES string of the molecule is C#CC[C@@]1(n2cc(N)c(=O)[nH]c2=O)O[C@H](COP(=O)(O)OP(=O)(O)OP(=O)(O)O)[C@@H](O)[C@H]1O. The molecule has 6 atom stereocenters. The number of hydrogen-bond acceptors (Lipinski definition) is 12. The maximum Gasteiger partial charge on any atom is 0.490 e. The summed E-state index contributed by atoms with van der Waals surface area (Å²) in [5.41, 5.74) is 0.610. The van der Waals surface area contributed by atoms with Crippen LogP contribution in [0.2, 0.25) is 0 Å². The molecule has 1 aromatic heterocycles. The third-order valence-electron chi connectivity index (χ3n) is 4.07. The van der Waals surface area contributed by atoms with Gasteiger partial charge in [-0.25, -0.2) is 18.5 Å². The van der Waals surface area contributed by atoms with Crippen molar-refractivity contribution < 1.29 is 61.4 Å². The van der Waals surface area contributed by atoms with Gasteiger partial charge in [0.05, 0.1) is 13.0 Å². The summed E-state index contributed by atoms with van der Waals surface area (Å²) in [5, 5.41) is 20.8. The van der Waals surface area contributed by atoms with Gasteiger partial charge in [0.25, 0.3) is 5.56 Å². The van der Waals surface area contributed by atoms with Crippen molar-refractivity contribution in [1.29, 1.82) is 0 Å². The smallest absolute Gasteiger partial charge is 0.393 e. The monoisotopic (exact) mass is 537 g/mol. The number of rotatable bonds is 9. The van der Waals surface area contributed by atoms with E-state index in [0.717, 1.165) is 6.20 Å². The molecule has 2 unspecified atom stereocenters. The third-order valence-corrected chi connectivity index (χ3v) is 7.88. The average molecular weight is 537 g/mol. The van der Waals surface area contributed by atoms with Gasteiger partial charge in [-0.3, -0.25) is 18.9 Å². The highest BCUT2D eigenvalue weighted by Gasteiger charge is 2.56. The molecular weight excluding hydrogens is 519 g/mol. The first-order chi connectivity index (χ1) is 14.9. The lowest BCUT2D eigenvalue weighted by Gasteiger charge is -2.32. The zero-order chi connectivity index (χ0) is 25.4. The fourth-order valence-electron chi connectivity index (χ4n) is 2.82. The molecule has 1 saturated heterocycles. The molecule has 2 heterocycles. The number of nitrogens with one attached hydrogen (secondary N) is 1. The van der Waals surface area contributed by atoms with Gasteiger partial charge in [-0.15, -0.1) is 12.3 Å². The van der Waals surface area contributed by atoms with Crippen LogP contribution in [-0.2, 0) is 37.3 Å². The van der Waals surface area contributed by atoms with E-state index in [1.807, 2.05) is 4.98 Å². The number of hydrogen-bond donors (Lipinski definition) is 8. The quantitative estimate of drug-likeness (QED) is 0.117. The molecule has 1 aromatic rings. The molecule has 9 N–H and O–H groups in total. The lowest BCUT2D eigenvalue weighted by atomic mass is 9.99. The predicted molar refractivity (Wildman–Crippen MR) is 104 cm³/mol. The van der Waals surface area contributed by atoms with E-state index in [9.17, 15) is 38.4 Å². The van der Waals surface area contributed by atoms with Crippen molar-refractivity contribution in [3.8, 4) is 12.3 Å². The Morgan fingerprint density at radius 3 is 2.33 bits per heavy atom. The van der Waals surface area contributed by atoms with Crippen LogP contribution in [0.4, 0.5) is 5.69 Å². The molecule has 33 heavy (non-hydrogen) atoms. The molecule has 0 aromatic carbocycles. The van der Waals surface area contributed by atoms with Crippen molar-refractivity contribution in [2.45, 2.75) is 30.5 Å². The molecule has 1 fully saturated rings. The molecule has 0 amide bonds. The van der Waals surface area contributed by atoms with E-state index in [1.54, 1.807) is 0 Å². The van der Waals surface area contributed by atoms with Crippen LogP contribution in [0.1, 0.15) is 6.42 Å². The molecule has 18 nitrogen and oxygen atoms in total. The molecule has 0 radical (unpaired) electrons. The summed E-state index contributed by atoms with van der Waals surface area (Å²) in [7, 11) is -17.0. The van der Waals surface area contributed by atoms with Crippen LogP contribution < -0.4 is 17.0 Å². The van der Waals surface area contributed by atoms with Crippen molar-refractivity contribution in [2.24, 2.45) is 0 Å². The second kappa shape index (κ2) is 9.53. The highest BCUT2D eigenvalue weighted by atomic mass is 31.3. The molecule has 0 spiro atoms. The predicted octanol–water partition coefficient (Wildman–Crippen LogP) is -2.74. The lowest BCUT2D eigenvalue weighted by Crippen LogP contribution is -2.51. The minimum Gasteiger partial charge on any atom is -0.393 e. The van der Waals surface area contributed by atoms with Gasteiger partial charge in [-0.1, -0.05) is 0 Å². The summed E-state index contributed by atoms with van der Waals surface area (Å²) in [6.07, 6.45) is -0.252. The summed E-state index contributed by atoms with van der Waals surface area (Å²) >= 11 is 0. The van der Waals surface area contributed by atoms with Gasteiger partial charge >= 0.3 is 29.2 Å². The number of nitrogens with two attached hydrogens (primary N) is 1. The van der Waals surface area contributed by atoms with Gasteiger partial charge in [0, 0.05) is 6.20 Å². The van der Waals surface area contributed by atoms with E-state index in [0.29, 0.717) is 4.57 Å². The Morgan fingerprint density at radius 2 is 1.79 bits per heavy atom. The number of nitrogen functional groups attached to an aromatic ring is 1. The number of phosphoric ester groups is 1. The van der Waals surface area contributed by atoms with E-state index in [-0.39, 0.29) is 0 Å². The molecule has 1 aliphatic heterocycles. The van der Waals surface area contributed by atoms with Crippen LogP contribution in [-0.4, -0.2) is 64.3 Å². The van der Waals surface area contributed by atoms with E-state index in [1.165, 1.54) is 0 Å². The number of ether oxygens (including phenoxy) is 1. The molecule has 186 valence electrons. The summed E-state index contributed by atoms with van der Waals surface area (Å²) in [6, 6.07) is 0. The minimum absolute atomic E-state index is 0.493. The standard InChI is InChI=1S/C12H18N3O15P3/c1-2-3-12(15-4-6(13)10(18)14-11(15)19)9(17)8(16)7(28-12)5-27-32(23,24)30-33(25,26)29-31(20,21)22/h1,4,7-9,16-17H,3,5,13H2,(H,23,24)(H,25,26)(H,14,18,19)(H2,20,21,22)/t7-,8-,9-,12-/m1/s1. The Bertz CT molecular complexity index is 1200. The first-order valence-corrected chi connectivity index (χ1v) is 12.8. The molecule has 21 heteroatoms. The highest BCUT2D eigenvalue weighted by Crippen LogP contribution is 2.66. The highest BCUT2D eigenvalue weighted by molar-refractivity contribution is 7.66. The van der Waals surface area contributed by atoms with Crippen LogP contribution in [0.3, 0.4) is 0 Å². The van der Waals surface area contributed by atoms with Crippen molar-refractivity contribution in [3.05, 3.63) is 27.0 Å². The van der Waals surface area contributed by atoms with Crippen LogP contribution in [0.25, 0.3) is 0 Å². The van der Waals surface area contributed by atoms with Gasteiger partial charge in [-0.2, -0.15) is 8.62 Å². The molecule has 1 aliphatic rings. The number of nitrogens with zero attached hydrogens (tertiary/aromatic N) is 1. The number of phosphoric acid groups is 3. The number of aliphatic hydroxyl groups excluding tert-OH is 2. The normalized spacial score (nSPS) is 29.2. The number of aromatic nitrogens is 2. The Hall–Kier alpha value is -1.67. The molecule has 0 aliphatic carbocycles. The van der Waals surface area contributed by atoms with E-state index in [2.05, 4.69) is 19.1 Å². The van der Waals surface area contributed by atoms with Gasteiger partial charge < -0.3 is 40.3 Å². The third kappa shape index (κ3) is 6.47. The van der Waals surface area contributed by atoms with E-state index in [4.69, 9.17) is 31.6 Å². The van der Waals surface area contributed by atoms with Crippen molar-refractivity contribution in [3.63, 3.8) is 0 Å². The Morgan fingerprint density at radius 1 is 1.18 bits per heavy atom. The first kappa shape index (κ1) is 27.6. The minimum atomic E-state index is -5.80. The fraction of sp³-hybridized carbons (Fsp3) is 0.500. The van der Waals surface area contributed by atoms with Gasteiger partial charge in [0.2, 0.25) is 0 Å². The maximum atomic E-state index is 12.2. The van der Waals surface area contributed by atoms with Crippen LogP contribution in [0.5, 0.6) is 0 Å². The van der Waals surface area contributed by atoms with E-state index >= 15 is 0 Å². The maximum absolute atomic E-state index is 12.2. The van der Waals surface area contributed by atoms with Gasteiger partial charge in [-0.05, 0) is 0 Å². The summed E-state index contributed by atoms with van der Waals surface area (Å²) < 4.78 is 51.3. The number of aromatic amines is 1. The number of aliphatic hydroxyl groups is 2. The number of terminal acetylenes is 1. The second-order valence-corrected chi connectivity index (χ2v) is 10.8. The van der Waals surface area contributed by atoms with Crippen molar-refractivity contribution in [2.75, 3.05) is 12.3 Å². The Balaban J connectivity index is 2.28. The van der Waals surface area contributed by atoms with Crippen LogP contribution >= 0.6 is 23.5 Å². The lowest BCUT2D eigenvalue weighted by molar-refractivity contribution is -0.146. The van der Waals surface area contributed by atoms with Crippen molar-refractivity contribution in [1.82, 2.24) is 9.55 Å². The summed E-state index contributed by atoms with van der Waals surface area (Å²) in [4.78, 5) is 61.2. The fourth-order valence-corrected chi connectivity index (χ4v) is 5.85. The van der Waals surface area contributed by atoms with Crippen molar-refractivity contribution >= 4 is 29.2 Å². The average Bonchev–Trinajstić information content (AvgIpc) is 2.86. The number of anilines is 1. The van der Waals surface area contributed by atoms with Gasteiger partial charge in [0.15, 0.2) is 5.72 Å². The molecular formula is C12H18N3O15P3. The second-order valence-electron chi connectivity index (χ2n) is 6.42.